The zero-order valence-electron chi connectivity index (χ0n) is 37.0. The first kappa shape index (κ1) is 38.8. The highest BCUT2D eigenvalue weighted by Crippen LogP contribution is 2.65. The van der Waals surface area contributed by atoms with Crippen molar-refractivity contribution in [3.8, 4) is 0 Å². The van der Waals surface area contributed by atoms with E-state index >= 15 is 0 Å². The minimum atomic E-state index is 0.571. The first-order valence-corrected chi connectivity index (χ1v) is 26.9. The number of nitrogens with zero attached hydrogens (tertiary/aromatic N) is 1. The van der Waals surface area contributed by atoms with Gasteiger partial charge in [0.2, 0.25) is 0 Å². The molecule has 0 radical (unpaired) electrons. The Morgan fingerprint density at radius 2 is 0.929 bits per heavy atom. The van der Waals surface area contributed by atoms with E-state index in [1.54, 1.807) is 122 Å². The summed E-state index contributed by atoms with van der Waals surface area (Å²) in [5.74, 6) is 14.3. The van der Waals surface area contributed by atoms with Gasteiger partial charge in [0.25, 0.3) is 0 Å². The molecule has 0 aromatic heterocycles. The van der Waals surface area contributed by atoms with Gasteiger partial charge in [-0.2, -0.15) is 0 Å². The Bertz CT molecular complexity index is 1300. The van der Waals surface area contributed by atoms with Gasteiger partial charge < -0.3 is 4.74 Å². The standard InChI is InChI=1S/C54H89NO/c1-54(2)48-21-10-9-18-44(48)45-30-29-42(34-49(45)54)55(41-27-25-36(26-28-41)35-13-5-3-6-14-35)50-22-12-20-46-47(50)31-40-17-11-19-43(53(40)46)38-23-24-39-33-51(56-52(39)32-38)37-15-7-4-8-16-37/h35-53H,3-34H2,1-2H3. The maximum absolute atomic E-state index is 7.14. The average Bonchev–Trinajstić information content (AvgIpc) is 3.93. The summed E-state index contributed by atoms with van der Waals surface area (Å²) in [5.41, 5.74) is 0.571. The molecule has 0 N–H and O–H groups in total. The van der Waals surface area contributed by atoms with Crippen molar-refractivity contribution in [2.24, 2.45) is 88.3 Å². The maximum Gasteiger partial charge on any atom is 0.0610 e. The Balaban J connectivity index is 0.828. The number of fused-ring (bicyclic) bond motifs is 7. The summed E-state index contributed by atoms with van der Waals surface area (Å²) >= 11 is 0. The quantitative estimate of drug-likeness (QED) is 0.267. The number of hydrogen-bond acceptors (Lipinski definition) is 2. The molecule has 15 atom stereocenters. The van der Waals surface area contributed by atoms with Crippen molar-refractivity contribution in [3.63, 3.8) is 0 Å². The fourth-order valence-corrected chi connectivity index (χ4v) is 20.1. The minimum Gasteiger partial charge on any atom is -0.374 e. The summed E-state index contributed by atoms with van der Waals surface area (Å²) in [6.07, 6.45) is 50.3. The molecule has 10 aliphatic carbocycles. The lowest BCUT2D eigenvalue weighted by Crippen LogP contribution is -2.57. The van der Waals surface area contributed by atoms with E-state index in [1.165, 1.54) is 83.5 Å². The monoisotopic (exact) mass is 768 g/mol. The highest BCUT2D eigenvalue weighted by atomic mass is 16.5. The summed E-state index contributed by atoms with van der Waals surface area (Å²) < 4.78 is 7.14. The van der Waals surface area contributed by atoms with Crippen LogP contribution in [0, 0.1) is 88.3 Å². The van der Waals surface area contributed by atoms with Crippen LogP contribution in [0.5, 0.6) is 0 Å². The van der Waals surface area contributed by atoms with Crippen molar-refractivity contribution < 1.29 is 4.74 Å². The molecule has 56 heavy (non-hydrogen) atoms. The molecule has 2 heteroatoms. The molecule has 11 rings (SSSR count). The van der Waals surface area contributed by atoms with Crippen molar-refractivity contribution in [3.05, 3.63) is 0 Å². The predicted octanol–water partition coefficient (Wildman–Crippen LogP) is 14.4. The van der Waals surface area contributed by atoms with E-state index in [0.29, 0.717) is 17.6 Å². The molecular weight excluding hydrogens is 679 g/mol. The Labute approximate surface area is 346 Å². The average molecular weight is 768 g/mol. The second-order valence-electron chi connectivity index (χ2n) is 24.7. The third-order valence-electron chi connectivity index (χ3n) is 22.4. The molecule has 15 unspecified atom stereocenters. The predicted molar refractivity (Wildman–Crippen MR) is 232 cm³/mol. The molecule has 0 amide bonds. The van der Waals surface area contributed by atoms with Crippen molar-refractivity contribution >= 4 is 0 Å². The third-order valence-corrected chi connectivity index (χ3v) is 22.4. The molecule has 0 aromatic rings. The molecule has 1 aliphatic heterocycles. The van der Waals surface area contributed by atoms with Gasteiger partial charge in [-0.3, -0.25) is 4.90 Å². The van der Waals surface area contributed by atoms with Crippen molar-refractivity contribution in [1.82, 2.24) is 4.90 Å². The summed E-state index contributed by atoms with van der Waals surface area (Å²) in [6.45, 7) is 5.56. The van der Waals surface area contributed by atoms with Gasteiger partial charge in [0.1, 0.15) is 0 Å². The third kappa shape index (κ3) is 7.00. The van der Waals surface area contributed by atoms with Crippen molar-refractivity contribution in [2.45, 2.75) is 250 Å². The Kier molecular flexibility index (Phi) is 11.3. The Morgan fingerprint density at radius 3 is 1.75 bits per heavy atom. The fourth-order valence-electron chi connectivity index (χ4n) is 20.1. The summed E-state index contributed by atoms with van der Waals surface area (Å²) in [4.78, 5) is 3.50. The number of hydrogen-bond donors (Lipinski definition) is 0. The second kappa shape index (κ2) is 16.3. The zero-order valence-corrected chi connectivity index (χ0v) is 37.0. The molecular formula is C54H89NO. The number of rotatable bonds is 6. The van der Waals surface area contributed by atoms with Gasteiger partial charge in [-0.15, -0.1) is 0 Å². The van der Waals surface area contributed by atoms with E-state index in [2.05, 4.69) is 18.7 Å². The van der Waals surface area contributed by atoms with Crippen molar-refractivity contribution in [1.29, 1.82) is 0 Å². The summed E-state index contributed by atoms with van der Waals surface area (Å²) in [7, 11) is 0. The molecule has 1 saturated heterocycles. The van der Waals surface area contributed by atoms with Crippen LogP contribution in [0.2, 0.25) is 0 Å². The van der Waals surface area contributed by atoms with Gasteiger partial charge >= 0.3 is 0 Å². The first-order valence-electron chi connectivity index (χ1n) is 26.9. The first-order chi connectivity index (χ1) is 27.5. The molecule has 11 fully saturated rings. The van der Waals surface area contributed by atoms with Crippen LogP contribution in [0.3, 0.4) is 0 Å². The van der Waals surface area contributed by atoms with E-state index in [9.17, 15) is 0 Å². The molecule has 2 nitrogen and oxygen atoms in total. The van der Waals surface area contributed by atoms with Crippen LogP contribution in [0.25, 0.3) is 0 Å². The number of ether oxygens (including phenoxy) is 1. The van der Waals surface area contributed by atoms with E-state index in [-0.39, 0.29) is 0 Å². The van der Waals surface area contributed by atoms with E-state index in [1.807, 2.05) is 0 Å². The van der Waals surface area contributed by atoms with Crippen LogP contribution in [-0.2, 0) is 4.74 Å². The van der Waals surface area contributed by atoms with Crippen LogP contribution < -0.4 is 0 Å². The molecule has 0 spiro atoms. The normalized spacial score (nSPS) is 51.2. The highest BCUT2D eigenvalue weighted by molar-refractivity contribution is 5.10. The minimum absolute atomic E-state index is 0.571. The lowest BCUT2D eigenvalue weighted by Gasteiger charge is -2.54. The Morgan fingerprint density at radius 1 is 0.357 bits per heavy atom. The van der Waals surface area contributed by atoms with Crippen LogP contribution in [0.1, 0.15) is 219 Å². The summed E-state index contributed by atoms with van der Waals surface area (Å²) in [5, 5.41) is 0. The van der Waals surface area contributed by atoms with Crippen LogP contribution in [0.15, 0.2) is 0 Å². The van der Waals surface area contributed by atoms with Crippen LogP contribution >= 0.6 is 0 Å². The maximum atomic E-state index is 7.14. The molecule has 1 heterocycles. The van der Waals surface area contributed by atoms with Gasteiger partial charge in [0.15, 0.2) is 0 Å². The van der Waals surface area contributed by atoms with Crippen LogP contribution in [0.4, 0.5) is 0 Å². The van der Waals surface area contributed by atoms with Gasteiger partial charge in [-0.05, 0) is 210 Å². The smallest absolute Gasteiger partial charge is 0.0610 e. The largest absolute Gasteiger partial charge is 0.374 e. The van der Waals surface area contributed by atoms with E-state index in [0.717, 1.165) is 101 Å². The Hall–Kier alpha value is -0.0800. The molecule has 316 valence electrons. The fraction of sp³-hybridized carbons (Fsp3) is 1.00. The zero-order chi connectivity index (χ0) is 37.4. The van der Waals surface area contributed by atoms with Gasteiger partial charge in [0, 0.05) is 18.1 Å². The van der Waals surface area contributed by atoms with E-state index in [4.69, 9.17) is 4.74 Å². The molecule has 10 saturated carbocycles. The lowest BCUT2D eigenvalue weighted by atomic mass is 9.60. The van der Waals surface area contributed by atoms with Gasteiger partial charge in [-0.1, -0.05) is 97.3 Å². The van der Waals surface area contributed by atoms with Gasteiger partial charge in [-0.25, -0.2) is 0 Å². The van der Waals surface area contributed by atoms with Crippen LogP contribution in [-0.4, -0.2) is 35.2 Å². The topological polar surface area (TPSA) is 12.5 Å². The van der Waals surface area contributed by atoms with Crippen molar-refractivity contribution in [2.75, 3.05) is 0 Å². The lowest BCUT2D eigenvalue weighted by molar-refractivity contribution is -0.0561. The van der Waals surface area contributed by atoms with E-state index < -0.39 is 0 Å². The highest BCUT2D eigenvalue weighted by Gasteiger charge is 2.59. The molecule has 11 aliphatic rings. The summed E-state index contributed by atoms with van der Waals surface area (Å²) in [6, 6.07) is 2.70. The molecule has 0 aromatic carbocycles. The second-order valence-corrected chi connectivity index (χ2v) is 24.7. The SMILES string of the molecule is CC1(C)C2CCCCC2C2CCC(N(C3CCC(C4CCCCC4)CC3)C3CCCC4C3CC3CCCC(C5CCC6CC(C7CCCCC7)OC6C5)C34)CC21. The molecule has 0 bridgehead atoms. The van der Waals surface area contributed by atoms with Gasteiger partial charge in [0.05, 0.1) is 12.2 Å².